The van der Waals surface area contributed by atoms with Crippen molar-refractivity contribution in [1.29, 1.82) is 0 Å². The van der Waals surface area contributed by atoms with Crippen molar-refractivity contribution in [3.05, 3.63) is 69.7 Å². The van der Waals surface area contributed by atoms with Gasteiger partial charge in [-0.05, 0) is 35.2 Å². The Labute approximate surface area is 133 Å². The van der Waals surface area contributed by atoms with E-state index in [1.807, 2.05) is 42.5 Å². The molecule has 0 aliphatic carbocycles. The van der Waals surface area contributed by atoms with Crippen LogP contribution in [0.3, 0.4) is 0 Å². The van der Waals surface area contributed by atoms with E-state index < -0.39 is 10.0 Å². The van der Waals surface area contributed by atoms with Crippen LogP contribution in [0.5, 0.6) is 0 Å². The summed E-state index contributed by atoms with van der Waals surface area (Å²) < 4.78 is 27.7. The second-order valence-electron chi connectivity index (χ2n) is 5.24. The third-order valence-corrected chi connectivity index (χ3v) is 6.02. The van der Waals surface area contributed by atoms with Crippen LogP contribution in [0.1, 0.15) is 16.7 Å². The molecule has 21 heavy (non-hydrogen) atoms. The minimum Gasteiger partial charge on any atom is -0.212 e. The van der Waals surface area contributed by atoms with Crippen LogP contribution in [0, 0.1) is 0 Å². The molecule has 0 N–H and O–H groups in total. The summed E-state index contributed by atoms with van der Waals surface area (Å²) in [5.41, 5.74) is 3.16. The van der Waals surface area contributed by atoms with E-state index in [4.69, 9.17) is 0 Å². The van der Waals surface area contributed by atoms with Crippen molar-refractivity contribution in [2.75, 3.05) is 6.54 Å². The van der Waals surface area contributed by atoms with E-state index in [1.165, 1.54) is 5.56 Å². The second kappa shape index (κ2) is 5.91. The zero-order chi connectivity index (χ0) is 14.9. The predicted octanol–water partition coefficient (Wildman–Crippen LogP) is 3.34. The summed E-state index contributed by atoms with van der Waals surface area (Å²) in [7, 11) is -3.27. The molecule has 0 saturated carbocycles. The minimum atomic E-state index is -3.27. The first kappa shape index (κ1) is 14.8. The van der Waals surface area contributed by atoms with Crippen molar-refractivity contribution >= 4 is 26.0 Å². The summed E-state index contributed by atoms with van der Waals surface area (Å²) in [5.74, 6) is 0.0691. The van der Waals surface area contributed by atoms with Crippen molar-refractivity contribution in [2.24, 2.45) is 0 Å². The molecule has 1 aliphatic heterocycles. The van der Waals surface area contributed by atoms with Gasteiger partial charge in [-0.15, -0.1) is 0 Å². The summed E-state index contributed by atoms with van der Waals surface area (Å²) in [6.07, 6.45) is 0.767. The molecule has 1 aliphatic rings. The van der Waals surface area contributed by atoms with Gasteiger partial charge in [0.1, 0.15) is 0 Å². The number of fused-ring (bicyclic) bond motifs is 1. The van der Waals surface area contributed by atoms with Gasteiger partial charge in [0.2, 0.25) is 10.0 Å². The molecule has 0 amide bonds. The molecule has 0 saturated heterocycles. The van der Waals surface area contributed by atoms with Gasteiger partial charge in [-0.3, -0.25) is 0 Å². The summed E-state index contributed by atoms with van der Waals surface area (Å²) in [6, 6.07) is 15.4. The van der Waals surface area contributed by atoms with E-state index in [0.717, 1.165) is 22.0 Å². The number of hydrogen-bond donors (Lipinski definition) is 0. The summed E-state index contributed by atoms with van der Waals surface area (Å²) >= 11 is 3.46. The molecule has 0 atom stereocenters. The lowest BCUT2D eigenvalue weighted by Crippen LogP contribution is -2.36. The van der Waals surface area contributed by atoms with Crippen LogP contribution in [0.2, 0.25) is 0 Å². The van der Waals surface area contributed by atoms with Crippen molar-refractivity contribution in [1.82, 2.24) is 4.31 Å². The van der Waals surface area contributed by atoms with Gasteiger partial charge in [0, 0.05) is 17.6 Å². The van der Waals surface area contributed by atoms with Crippen LogP contribution in [0.15, 0.2) is 53.0 Å². The van der Waals surface area contributed by atoms with Crippen LogP contribution in [0.25, 0.3) is 0 Å². The fourth-order valence-electron chi connectivity index (χ4n) is 2.61. The highest BCUT2D eigenvalue weighted by atomic mass is 79.9. The highest BCUT2D eigenvalue weighted by molar-refractivity contribution is 9.10. The molecular weight excluding hydrogens is 350 g/mol. The zero-order valence-corrected chi connectivity index (χ0v) is 13.9. The monoisotopic (exact) mass is 365 g/mol. The van der Waals surface area contributed by atoms with E-state index in [-0.39, 0.29) is 5.75 Å². The minimum absolute atomic E-state index is 0.0691. The largest absolute Gasteiger partial charge is 0.218 e. The number of halogens is 1. The SMILES string of the molecule is O=S(=O)(Cc1ccccc1)N1CCc2cc(Br)ccc2C1. The average molecular weight is 366 g/mol. The maximum Gasteiger partial charge on any atom is 0.218 e. The summed E-state index contributed by atoms with van der Waals surface area (Å²) in [4.78, 5) is 0. The Balaban J connectivity index is 1.80. The van der Waals surface area contributed by atoms with Crippen molar-refractivity contribution < 1.29 is 8.42 Å². The van der Waals surface area contributed by atoms with Crippen molar-refractivity contribution in [3.8, 4) is 0 Å². The van der Waals surface area contributed by atoms with Crippen molar-refractivity contribution in [3.63, 3.8) is 0 Å². The highest BCUT2D eigenvalue weighted by Crippen LogP contribution is 2.25. The average Bonchev–Trinajstić information content (AvgIpc) is 2.47. The van der Waals surface area contributed by atoms with Gasteiger partial charge < -0.3 is 0 Å². The molecule has 0 fully saturated rings. The lowest BCUT2D eigenvalue weighted by atomic mass is 10.0. The van der Waals surface area contributed by atoms with Gasteiger partial charge in [-0.25, -0.2) is 8.42 Å². The lowest BCUT2D eigenvalue weighted by Gasteiger charge is -2.28. The second-order valence-corrected chi connectivity index (χ2v) is 8.12. The topological polar surface area (TPSA) is 37.4 Å². The third-order valence-electron chi connectivity index (χ3n) is 3.73. The first-order valence-electron chi connectivity index (χ1n) is 6.84. The smallest absolute Gasteiger partial charge is 0.212 e. The molecule has 0 unspecified atom stereocenters. The quantitative estimate of drug-likeness (QED) is 0.836. The Morgan fingerprint density at radius 1 is 1.05 bits per heavy atom. The molecule has 5 heteroatoms. The molecule has 1 heterocycles. The van der Waals surface area contributed by atoms with Gasteiger partial charge in [0.05, 0.1) is 5.75 Å². The van der Waals surface area contributed by atoms with Crippen LogP contribution in [-0.4, -0.2) is 19.3 Å². The van der Waals surface area contributed by atoms with Crippen LogP contribution in [-0.2, 0) is 28.7 Å². The molecule has 110 valence electrons. The fourth-order valence-corrected chi connectivity index (χ4v) is 4.52. The predicted molar refractivity (Wildman–Crippen MR) is 87.3 cm³/mol. The highest BCUT2D eigenvalue weighted by Gasteiger charge is 2.26. The molecule has 0 spiro atoms. The maximum absolute atomic E-state index is 12.5. The molecule has 3 rings (SSSR count). The summed E-state index contributed by atoms with van der Waals surface area (Å²) in [6.45, 7) is 1.02. The molecule has 2 aromatic carbocycles. The van der Waals surface area contributed by atoms with Crippen LogP contribution < -0.4 is 0 Å². The summed E-state index contributed by atoms with van der Waals surface area (Å²) in [5, 5.41) is 0. The van der Waals surface area contributed by atoms with E-state index >= 15 is 0 Å². The van der Waals surface area contributed by atoms with E-state index in [1.54, 1.807) is 4.31 Å². The van der Waals surface area contributed by atoms with E-state index in [2.05, 4.69) is 22.0 Å². The van der Waals surface area contributed by atoms with Gasteiger partial charge in [0.15, 0.2) is 0 Å². The van der Waals surface area contributed by atoms with Gasteiger partial charge in [0.25, 0.3) is 0 Å². The number of sulfonamides is 1. The number of rotatable bonds is 3. The standard InChI is InChI=1S/C16H16BrNO2S/c17-16-7-6-15-11-18(9-8-14(15)10-16)21(19,20)12-13-4-2-1-3-5-13/h1-7,10H,8-9,11-12H2. The van der Waals surface area contributed by atoms with Crippen LogP contribution >= 0.6 is 15.9 Å². The number of benzene rings is 2. The Morgan fingerprint density at radius 2 is 1.81 bits per heavy atom. The Hall–Kier alpha value is -1.17. The van der Waals surface area contributed by atoms with Gasteiger partial charge in [-0.1, -0.05) is 52.3 Å². The molecule has 0 bridgehead atoms. The first-order chi connectivity index (χ1) is 10.0. The van der Waals surface area contributed by atoms with E-state index in [9.17, 15) is 8.42 Å². The third kappa shape index (κ3) is 3.36. The Kier molecular flexibility index (Phi) is 4.15. The molecular formula is C16H16BrNO2S. The Morgan fingerprint density at radius 3 is 2.57 bits per heavy atom. The number of nitrogens with zero attached hydrogens (tertiary/aromatic N) is 1. The van der Waals surface area contributed by atoms with Gasteiger partial charge >= 0.3 is 0 Å². The first-order valence-corrected chi connectivity index (χ1v) is 9.24. The maximum atomic E-state index is 12.5. The normalized spacial score (nSPS) is 15.7. The van der Waals surface area contributed by atoms with Crippen LogP contribution in [0.4, 0.5) is 0 Å². The Bertz CT molecular complexity index is 744. The fraction of sp³-hybridized carbons (Fsp3) is 0.250. The van der Waals surface area contributed by atoms with E-state index in [0.29, 0.717) is 13.1 Å². The molecule has 0 aromatic heterocycles. The number of hydrogen-bond acceptors (Lipinski definition) is 2. The van der Waals surface area contributed by atoms with Crippen molar-refractivity contribution in [2.45, 2.75) is 18.7 Å². The van der Waals surface area contributed by atoms with Gasteiger partial charge in [-0.2, -0.15) is 4.31 Å². The molecule has 0 radical (unpaired) electrons. The molecule has 3 nitrogen and oxygen atoms in total. The molecule has 2 aromatic rings. The zero-order valence-electron chi connectivity index (χ0n) is 11.5. The lowest BCUT2D eigenvalue weighted by molar-refractivity contribution is 0.390.